The summed E-state index contributed by atoms with van der Waals surface area (Å²) >= 11 is 0. The summed E-state index contributed by atoms with van der Waals surface area (Å²) in [5.74, 6) is 3.61. The van der Waals surface area contributed by atoms with E-state index in [-0.39, 0.29) is 186 Å². The standard InChI is InChI=1S/C16H25NO.C9H18O.C8H18NO.C8H17NO.C7H13NO2.C7H15NO.2C6H13NO.C6H14.4C5H11NO.C4H7NO2.C4H9NO.2C3H7NO.CH4O.4CH3.3ClH.H3N/c1-4-9-17(10-5-2)13-16-8-6-7-15(12-16)11-14(3)18;1-4-5-6-8(2)7-9(3)10;1-8(10)6-5-7-9(2,3)4;1-4-9(5-2)7-6-8(3)10;1-7(9)6-8-2-4-10-5-3-8;1-4-8(5-2)6-7(3)9;1-6(8)4-5-7(2)3;1-4-6(7-3)5(2)8;1-3-5-6-4-2;2*1-5(7)4-6(2)3;1-4(6-3)5(2)7;1-3-6-4-5(2)7;1-4(7)5-2-3-6;1-4(6)3-5-2;2*1-3(5)2-4;1-2;;;;;;;;/h6-8,12H,4-5,9-11,13H2,1-3H3;8H,4-7H2,1-3H3;5-7H2,1-4H3;4-7H2,1-3H3;2-6H2,1H3;4-6H2,1-3H3;4-5H2,1-3H3;6-7H,4H2,1-3H3;3-6H2,1-2H3;2*4H2,1-3H3;4,6H,1-3H3;6H,3-4H2,1-2H3;3H,2H2,1H3,(H,5,7);5H,3H2,1-2H3;2*2,4H2,1H3;2H,1H3;4*1H3;3*1H;1H3/q;;+1;;;;;;;;;;;;;;;;4*-1;;;;/p+1. The highest BCUT2D eigenvalue weighted by Gasteiger charge is 2.13. The van der Waals surface area contributed by atoms with Crippen LogP contribution in [-0.2, 0) is 99.2 Å². The Morgan fingerprint density at radius 1 is 0.480 bits per heavy atom. The number of amides is 1. The molecule has 2 rings (SSSR count). The van der Waals surface area contributed by atoms with Gasteiger partial charge in [0.05, 0.1) is 119 Å². The molecule has 0 saturated carbocycles. The van der Waals surface area contributed by atoms with Crippen LogP contribution in [0.25, 0.3) is 0 Å². The smallest absolute Gasteiger partial charge is 0.217 e. The minimum absolute atomic E-state index is 0. The Morgan fingerprint density at radius 2 is 0.887 bits per heavy atom. The van der Waals surface area contributed by atoms with Gasteiger partial charge in [-0.3, -0.25) is 81.8 Å². The van der Waals surface area contributed by atoms with Crippen LogP contribution in [0.3, 0.4) is 0 Å². The van der Waals surface area contributed by atoms with Gasteiger partial charge in [-0.2, -0.15) is 0 Å². The Morgan fingerprint density at radius 3 is 1.09 bits per heavy atom. The molecule has 908 valence electrons. The number of aliphatic hydroxyl groups is 1. The summed E-state index contributed by atoms with van der Waals surface area (Å²) in [5, 5.41) is 20.6. The van der Waals surface area contributed by atoms with Crippen molar-refractivity contribution in [1.82, 2.24) is 62.1 Å². The van der Waals surface area contributed by atoms with E-state index in [1.807, 2.05) is 78.9 Å². The van der Waals surface area contributed by atoms with Crippen LogP contribution in [0, 0.1) is 35.6 Å². The number of nitrogens with zero attached hydrogens (tertiary/aromatic N) is 7. The molecule has 1 aliphatic rings. The van der Waals surface area contributed by atoms with Crippen molar-refractivity contribution in [2.45, 2.75) is 322 Å². The molecule has 3 atom stereocenters. The number of carbonyl (C=O) groups is 17. The fourth-order valence-electron chi connectivity index (χ4n) is 10.4. The van der Waals surface area contributed by atoms with Crippen molar-refractivity contribution in [3.8, 4) is 0 Å². The van der Waals surface area contributed by atoms with E-state index in [1.165, 1.54) is 89.0 Å². The molecule has 35 nitrogen and oxygen atoms in total. The number of quaternary nitrogens is 2. The molecular formula is C112H243Cl3N16O19-2. The van der Waals surface area contributed by atoms with Crippen LogP contribution in [0.5, 0.6) is 0 Å². The molecule has 1 aliphatic heterocycles. The molecule has 0 aromatic heterocycles. The lowest BCUT2D eigenvalue weighted by atomic mass is 9.99. The molecule has 0 radical (unpaired) electrons. The maximum atomic E-state index is 11.1. The first-order valence-electron chi connectivity index (χ1n) is 51.1. The van der Waals surface area contributed by atoms with E-state index in [2.05, 4.69) is 155 Å². The minimum Gasteiger partial charge on any atom is -0.400 e. The minimum atomic E-state index is -0.174. The van der Waals surface area contributed by atoms with Crippen LogP contribution in [0.15, 0.2) is 24.3 Å². The third kappa shape index (κ3) is 246. The van der Waals surface area contributed by atoms with E-state index in [0.717, 1.165) is 141 Å². The number of benzene rings is 1. The summed E-state index contributed by atoms with van der Waals surface area (Å²) in [4.78, 5) is 189. The first-order chi connectivity index (χ1) is 66.0. The van der Waals surface area contributed by atoms with E-state index >= 15 is 0 Å². The van der Waals surface area contributed by atoms with E-state index < -0.39 is 0 Å². The van der Waals surface area contributed by atoms with Crippen LogP contribution in [-0.4, -0.2) is 392 Å². The number of halogens is 3. The lowest BCUT2D eigenvalue weighted by Gasteiger charge is -2.25. The summed E-state index contributed by atoms with van der Waals surface area (Å²) in [6, 6.07) is 8.50. The fraction of sp³-hybridized carbons (Fsp3) is 0.759. The topological polar surface area (TPSA) is 491 Å². The maximum Gasteiger partial charge on any atom is 0.217 e. The third-order valence-corrected chi connectivity index (χ3v) is 17.9. The van der Waals surface area contributed by atoms with Crippen molar-refractivity contribution in [2.75, 3.05) is 242 Å². The maximum absolute atomic E-state index is 11.1. The highest BCUT2D eigenvalue weighted by molar-refractivity contribution is 5.86. The van der Waals surface area contributed by atoms with Gasteiger partial charge in [-0.15, -0.1) is 37.2 Å². The Labute approximate surface area is 940 Å². The first-order valence-corrected chi connectivity index (χ1v) is 51.1. The van der Waals surface area contributed by atoms with Crippen molar-refractivity contribution in [3.05, 3.63) is 65.1 Å². The van der Waals surface area contributed by atoms with E-state index in [1.54, 1.807) is 111 Å². The number of nitrogens with two attached hydrogens (primary N) is 2. The number of likely N-dealkylation sites (N-methyl/N-ethyl adjacent to an activating group) is 7. The first kappa shape index (κ1) is 204. The second-order valence-electron chi connectivity index (χ2n) is 36.3. The number of rotatable bonds is 52. The van der Waals surface area contributed by atoms with E-state index in [4.69, 9.17) is 21.3 Å². The number of unbranched alkanes of at least 4 members (excludes halogenated alkanes) is 4. The zero-order valence-electron chi connectivity index (χ0n) is 105. The SMILES string of the molecule is CC(=O)CCC[N+](C)(C)C.CC(=O)CCN(C)C.CC(=O)CN.CC(=O)CN.CC(=O)CN(C)C.CC(=O)CN1CCOCC1.CC(=O)C[NH+](C)C.CC(=O)NCC=O.CCC(NC)C(C)=O.CCCCC(C)CC(C)=O.CCCCCC.CCCN(CCC)Cc1cccc(CC(C)=O)c1.CCN(CC)CC(C)=O.CCN(CC)CCC(C)=O.CCNCC(C)=O.CNC(C)C(C)=O.CNCC(C)=O.CO.Cl.Cl.Cl.N.[CH3-].[CH3-].[CH3-].[CH3-]. The van der Waals surface area contributed by atoms with Crippen molar-refractivity contribution >= 4 is 136 Å². The molecule has 1 aromatic carbocycles. The van der Waals surface area contributed by atoms with Gasteiger partial charge >= 0.3 is 0 Å². The second kappa shape index (κ2) is 158. The lowest BCUT2D eigenvalue weighted by molar-refractivity contribution is -0.870. The molecule has 14 N–H and O–H groups in total. The van der Waals surface area contributed by atoms with E-state index in [0.29, 0.717) is 82.3 Å². The Bertz CT molecular complexity index is 3120. The zero-order chi connectivity index (χ0) is 115. The van der Waals surface area contributed by atoms with Crippen LogP contribution in [0.2, 0.25) is 0 Å². The predicted molar refractivity (Wildman–Crippen MR) is 646 cm³/mol. The number of hydrogen-bond donors (Lipinski definition) is 10. The molecule has 1 aromatic rings. The number of hydrogen-bond acceptors (Lipinski definition) is 32. The van der Waals surface area contributed by atoms with Crippen molar-refractivity contribution in [3.63, 3.8) is 0 Å². The van der Waals surface area contributed by atoms with Gasteiger partial charge in [-0.1, -0.05) is 152 Å². The van der Waals surface area contributed by atoms with Crippen LogP contribution in [0.1, 0.15) is 308 Å². The number of aliphatic hydroxyl groups excluding tert-OH is 1. The van der Waals surface area contributed by atoms with Gasteiger partial charge in [0.15, 0.2) is 5.78 Å². The Hall–Kier alpha value is -6.40. The van der Waals surface area contributed by atoms with Gasteiger partial charge in [0.1, 0.15) is 93.8 Å². The molecule has 3 unspecified atom stereocenters. The largest absolute Gasteiger partial charge is 0.400 e. The molecule has 0 spiro atoms. The molecule has 150 heavy (non-hydrogen) atoms. The Balaban J connectivity index is -0.0000000514. The number of nitrogens with one attached hydrogen (secondary N) is 6. The summed E-state index contributed by atoms with van der Waals surface area (Å²) in [6.45, 7) is 70.8. The van der Waals surface area contributed by atoms with Crippen molar-refractivity contribution in [1.29, 1.82) is 0 Å². The molecule has 1 heterocycles. The Kier molecular flexibility index (Phi) is 215. The van der Waals surface area contributed by atoms with Crippen molar-refractivity contribution < 1.29 is 101 Å². The van der Waals surface area contributed by atoms with Crippen LogP contribution >= 0.6 is 37.2 Å². The van der Waals surface area contributed by atoms with Gasteiger partial charge in [0.2, 0.25) is 5.91 Å². The quantitative estimate of drug-likeness (QED) is 0.0125. The molecule has 38 heteroatoms. The van der Waals surface area contributed by atoms with Gasteiger partial charge in [-0.25, -0.2) is 0 Å². The summed E-state index contributed by atoms with van der Waals surface area (Å²) in [5.41, 5.74) is 12.1. The summed E-state index contributed by atoms with van der Waals surface area (Å²) < 4.78 is 6.08. The van der Waals surface area contributed by atoms with Gasteiger partial charge in [-0.05, 0) is 235 Å². The molecule has 1 fully saturated rings. The zero-order valence-corrected chi connectivity index (χ0v) is 107. The number of ether oxygens (including phenoxy) is 1. The molecule has 0 bridgehead atoms. The number of Topliss-reactive ketones (excluding diaryl/α,β-unsaturated/α-hetero) is 15. The van der Waals surface area contributed by atoms with Crippen molar-refractivity contribution in [2.24, 2.45) is 17.4 Å². The number of carbonyl (C=O) groups excluding carboxylic acids is 17. The van der Waals surface area contributed by atoms with Gasteiger partial charge in [0.25, 0.3) is 0 Å². The molecule has 1 saturated heterocycles. The third-order valence-electron chi connectivity index (χ3n) is 17.9. The molecule has 1 amide bonds. The van der Waals surface area contributed by atoms with Gasteiger partial charge < -0.3 is 122 Å². The highest BCUT2D eigenvalue weighted by Crippen LogP contribution is 2.13. The average Bonchev–Trinajstić information content (AvgIpc) is 0.885. The van der Waals surface area contributed by atoms with Crippen LogP contribution in [0.4, 0.5) is 0 Å². The number of ketones is 15. The van der Waals surface area contributed by atoms with E-state index in [9.17, 15) is 81.5 Å². The van der Waals surface area contributed by atoms with Crippen LogP contribution < -0.4 is 49.1 Å². The highest BCUT2D eigenvalue weighted by atomic mass is 35.5. The number of aldehydes is 1. The molecular weight excluding hydrogens is 1980 g/mol. The normalized spacial score (nSPS) is 10.4. The average molecular weight is 2220 g/mol. The lowest BCUT2D eigenvalue weighted by Crippen LogP contribution is -3.06. The molecule has 0 aliphatic carbocycles. The number of morpholine rings is 1. The summed E-state index contributed by atoms with van der Waals surface area (Å²) in [6.07, 6.45) is 17.6. The van der Waals surface area contributed by atoms with Gasteiger partial charge in [0, 0.05) is 92.2 Å². The monoisotopic (exact) mass is 2220 g/mol. The second-order valence-corrected chi connectivity index (χ2v) is 36.3. The summed E-state index contributed by atoms with van der Waals surface area (Å²) in [7, 11) is 24.3. The fourth-order valence-corrected chi connectivity index (χ4v) is 10.4. The predicted octanol–water partition coefficient (Wildman–Crippen LogP) is 13.4.